The minimum atomic E-state index is -1.75. The Balaban J connectivity index is 0.000000521. The van der Waals surface area contributed by atoms with Crippen LogP contribution >= 0.6 is 0 Å². The number of aliphatic hydroxyl groups is 1. The van der Waals surface area contributed by atoms with Crippen molar-refractivity contribution in [1.29, 1.82) is 0 Å². The lowest BCUT2D eigenvalue weighted by Gasteiger charge is -2.07. The summed E-state index contributed by atoms with van der Waals surface area (Å²) in [6.45, 7) is 2.04. The molecule has 24 heavy (non-hydrogen) atoms. The van der Waals surface area contributed by atoms with Crippen molar-refractivity contribution in [2.45, 2.75) is 0 Å². The van der Waals surface area contributed by atoms with Gasteiger partial charge in [0.25, 0.3) is 0 Å². The zero-order chi connectivity index (χ0) is 17.9. The van der Waals surface area contributed by atoms with Gasteiger partial charge in [-0.1, -0.05) is 55.1 Å². The maximum absolute atomic E-state index is 13.0. The average Bonchev–Trinajstić information content (AvgIpc) is 2.64. The van der Waals surface area contributed by atoms with Gasteiger partial charge in [0, 0.05) is 7.11 Å². The van der Waals surface area contributed by atoms with Crippen LogP contribution in [-0.2, 0) is 0 Å². The van der Waals surface area contributed by atoms with Crippen LogP contribution in [0.3, 0.4) is 0 Å². The Bertz CT molecular complexity index is 767. The number of hydrogen-bond donors (Lipinski definition) is 1. The van der Waals surface area contributed by atoms with Crippen LogP contribution in [0.15, 0.2) is 67.2 Å². The standard InChI is InChI=1S/C18H13F.CH2F2.CH4O/c1-2-13-6-11-18-15(12-13)4-3-5-17(18)14-7-9-16(19)10-8-14;2-1-3;1-2/h2-12H,1H2;1H2;2H,1H3. The minimum absolute atomic E-state index is 0.210. The first-order valence-electron chi connectivity index (χ1n) is 7.17. The monoisotopic (exact) mass is 332 g/mol. The summed E-state index contributed by atoms with van der Waals surface area (Å²) in [7, 11) is 1.00. The molecule has 3 aromatic rings. The largest absolute Gasteiger partial charge is 0.400 e. The quantitative estimate of drug-likeness (QED) is 0.630. The first kappa shape index (κ1) is 19.5. The Labute approximate surface area is 139 Å². The number of fused-ring (bicyclic) bond motifs is 1. The lowest BCUT2D eigenvalue weighted by molar-refractivity contribution is 0.295. The topological polar surface area (TPSA) is 20.2 Å². The number of aliphatic hydroxyl groups excluding tert-OH is 1. The summed E-state index contributed by atoms with van der Waals surface area (Å²) in [5.74, 6) is -0.210. The van der Waals surface area contributed by atoms with Crippen molar-refractivity contribution < 1.29 is 18.3 Å². The van der Waals surface area contributed by atoms with E-state index in [9.17, 15) is 13.2 Å². The van der Waals surface area contributed by atoms with Gasteiger partial charge in [-0.3, -0.25) is 0 Å². The van der Waals surface area contributed by atoms with E-state index >= 15 is 0 Å². The molecule has 0 amide bonds. The lowest BCUT2D eigenvalue weighted by atomic mass is 9.97. The normalized spacial score (nSPS) is 9.38. The third-order valence-corrected chi connectivity index (χ3v) is 3.30. The molecular formula is C20H19F3O. The Kier molecular flexibility index (Phi) is 8.30. The van der Waals surface area contributed by atoms with E-state index in [0.717, 1.165) is 23.8 Å². The summed E-state index contributed by atoms with van der Waals surface area (Å²) in [6.07, 6.45) is 1.84. The first-order chi connectivity index (χ1) is 11.7. The fourth-order valence-corrected chi connectivity index (χ4v) is 2.31. The first-order valence-corrected chi connectivity index (χ1v) is 7.17. The predicted molar refractivity (Wildman–Crippen MR) is 94.7 cm³/mol. The molecule has 1 nitrogen and oxygen atoms in total. The number of rotatable bonds is 2. The second-order valence-electron chi connectivity index (χ2n) is 4.60. The van der Waals surface area contributed by atoms with Crippen molar-refractivity contribution in [1.82, 2.24) is 0 Å². The lowest BCUT2D eigenvalue weighted by Crippen LogP contribution is -1.83. The highest BCUT2D eigenvalue weighted by Gasteiger charge is 2.04. The molecule has 0 unspecified atom stereocenters. The molecule has 0 spiro atoms. The number of hydrogen-bond acceptors (Lipinski definition) is 1. The van der Waals surface area contributed by atoms with Crippen molar-refractivity contribution in [3.05, 3.63) is 78.6 Å². The Morgan fingerprint density at radius 3 is 2.17 bits per heavy atom. The molecule has 0 saturated heterocycles. The van der Waals surface area contributed by atoms with E-state index in [1.54, 1.807) is 0 Å². The Hall–Kier alpha value is -2.59. The van der Waals surface area contributed by atoms with Gasteiger partial charge in [0.1, 0.15) is 5.82 Å². The van der Waals surface area contributed by atoms with Gasteiger partial charge >= 0.3 is 0 Å². The molecule has 0 aliphatic heterocycles. The summed E-state index contributed by atoms with van der Waals surface area (Å²) in [5, 5.41) is 9.33. The van der Waals surface area contributed by atoms with Gasteiger partial charge in [0.05, 0.1) is 0 Å². The van der Waals surface area contributed by atoms with E-state index in [4.69, 9.17) is 5.11 Å². The van der Waals surface area contributed by atoms with Crippen molar-refractivity contribution >= 4 is 16.8 Å². The number of halogens is 3. The number of alkyl halides is 2. The van der Waals surface area contributed by atoms with Crippen LogP contribution in [0.5, 0.6) is 0 Å². The summed E-state index contributed by atoms with van der Waals surface area (Å²) < 4.78 is 32.3. The molecule has 1 N–H and O–H groups in total. The van der Waals surface area contributed by atoms with Gasteiger partial charge in [-0.05, 0) is 45.7 Å². The van der Waals surface area contributed by atoms with E-state index in [2.05, 4.69) is 30.8 Å². The third kappa shape index (κ3) is 4.96. The van der Waals surface area contributed by atoms with Gasteiger partial charge in [0.2, 0.25) is 6.93 Å². The summed E-state index contributed by atoms with van der Waals surface area (Å²) in [6, 6.07) is 19.0. The van der Waals surface area contributed by atoms with E-state index < -0.39 is 6.93 Å². The predicted octanol–water partition coefficient (Wildman–Crippen LogP) is 5.78. The smallest absolute Gasteiger partial charge is 0.229 e. The van der Waals surface area contributed by atoms with Crippen LogP contribution in [0.2, 0.25) is 0 Å². The van der Waals surface area contributed by atoms with Gasteiger partial charge in [-0.15, -0.1) is 0 Å². The highest BCUT2D eigenvalue weighted by atomic mass is 19.3. The summed E-state index contributed by atoms with van der Waals surface area (Å²) in [5.41, 5.74) is 3.25. The van der Waals surface area contributed by atoms with Gasteiger partial charge in [-0.25, -0.2) is 13.2 Å². The fourth-order valence-electron chi connectivity index (χ4n) is 2.31. The molecule has 3 aromatic carbocycles. The van der Waals surface area contributed by atoms with Crippen molar-refractivity contribution in [2.75, 3.05) is 14.0 Å². The van der Waals surface area contributed by atoms with Crippen molar-refractivity contribution in [3.8, 4) is 11.1 Å². The molecule has 0 aliphatic rings. The zero-order valence-electron chi connectivity index (χ0n) is 13.3. The molecule has 0 bridgehead atoms. The summed E-state index contributed by atoms with van der Waals surface area (Å²) in [4.78, 5) is 0. The van der Waals surface area contributed by atoms with Crippen molar-refractivity contribution in [2.24, 2.45) is 0 Å². The van der Waals surface area contributed by atoms with Gasteiger partial charge < -0.3 is 5.11 Å². The molecule has 0 radical (unpaired) electrons. The Morgan fingerprint density at radius 2 is 1.58 bits per heavy atom. The Morgan fingerprint density at radius 1 is 0.958 bits per heavy atom. The molecule has 0 aliphatic carbocycles. The second-order valence-corrected chi connectivity index (χ2v) is 4.60. The summed E-state index contributed by atoms with van der Waals surface area (Å²) >= 11 is 0. The molecule has 126 valence electrons. The highest BCUT2D eigenvalue weighted by Crippen LogP contribution is 2.29. The second kappa shape index (κ2) is 10.2. The van der Waals surface area contributed by atoms with Crippen LogP contribution < -0.4 is 0 Å². The highest BCUT2D eigenvalue weighted by molar-refractivity contribution is 5.97. The zero-order valence-corrected chi connectivity index (χ0v) is 13.3. The SMILES string of the molecule is C=Cc1ccc2c(-c3ccc(F)cc3)cccc2c1.CO.FCF. The van der Waals surface area contributed by atoms with E-state index in [1.807, 2.05) is 30.3 Å². The molecule has 0 heterocycles. The number of benzene rings is 3. The van der Waals surface area contributed by atoms with E-state index in [1.165, 1.54) is 22.9 Å². The van der Waals surface area contributed by atoms with Gasteiger partial charge in [-0.2, -0.15) is 0 Å². The molecule has 4 heteroatoms. The van der Waals surface area contributed by atoms with Gasteiger partial charge in [0.15, 0.2) is 0 Å². The molecule has 0 fully saturated rings. The molecular weight excluding hydrogens is 313 g/mol. The van der Waals surface area contributed by atoms with Crippen LogP contribution in [0.1, 0.15) is 5.56 Å². The third-order valence-electron chi connectivity index (χ3n) is 3.30. The van der Waals surface area contributed by atoms with Crippen LogP contribution in [-0.4, -0.2) is 19.1 Å². The van der Waals surface area contributed by atoms with Crippen LogP contribution in [0.4, 0.5) is 13.2 Å². The van der Waals surface area contributed by atoms with E-state index in [0.29, 0.717) is 0 Å². The minimum Gasteiger partial charge on any atom is -0.400 e. The molecule has 0 saturated carbocycles. The van der Waals surface area contributed by atoms with Crippen LogP contribution in [0.25, 0.3) is 28.0 Å². The van der Waals surface area contributed by atoms with Crippen molar-refractivity contribution in [3.63, 3.8) is 0 Å². The maximum atomic E-state index is 13.0. The molecule has 0 atom stereocenters. The van der Waals surface area contributed by atoms with E-state index in [-0.39, 0.29) is 5.82 Å². The molecule has 0 aromatic heterocycles. The molecule has 3 rings (SSSR count). The van der Waals surface area contributed by atoms with Crippen LogP contribution in [0, 0.1) is 5.82 Å². The maximum Gasteiger partial charge on any atom is 0.229 e. The average molecular weight is 332 g/mol. The fraction of sp³-hybridized carbons (Fsp3) is 0.100.